The largest absolute Gasteiger partial charge is 0.459 e. The number of esters is 1. The second kappa shape index (κ2) is 6.80. The first kappa shape index (κ1) is 14.4. The van der Waals surface area contributed by atoms with Crippen LogP contribution in [0.4, 0.5) is 0 Å². The third-order valence-electron chi connectivity index (χ3n) is 1.93. The molecule has 0 saturated carbocycles. The molecule has 0 spiro atoms. The lowest BCUT2D eigenvalue weighted by molar-refractivity contribution is -0.153. The van der Waals surface area contributed by atoms with Crippen molar-refractivity contribution in [2.75, 3.05) is 13.2 Å². The number of nitrogens with one attached hydrogen (secondary N) is 1. The van der Waals surface area contributed by atoms with Gasteiger partial charge in [0.2, 0.25) is 0 Å². The molecule has 0 amide bonds. The quantitative estimate of drug-likeness (QED) is 0.654. The molecule has 0 aliphatic heterocycles. The molecule has 90 valence electrons. The van der Waals surface area contributed by atoms with E-state index in [1.54, 1.807) is 0 Å². The average Bonchev–Trinajstić information content (AvgIpc) is 2.09. The number of rotatable bonds is 6. The number of carbonyl (C=O) groups is 1. The standard InChI is InChI=1S/C11H23NO3/c1-5-9(6-7-13)12-8-10(14)15-11(2,3)4/h9,12-13H,5-8H2,1-4H3. The molecule has 0 rings (SSSR count). The van der Waals surface area contributed by atoms with Crippen molar-refractivity contribution in [2.24, 2.45) is 0 Å². The maximum Gasteiger partial charge on any atom is 0.320 e. The van der Waals surface area contributed by atoms with E-state index in [0.29, 0.717) is 6.42 Å². The van der Waals surface area contributed by atoms with E-state index in [9.17, 15) is 4.79 Å². The second-order valence-corrected chi connectivity index (χ2v) is 4.58. The fraction of sp³-hybridized carbons (Fsp3) is 0.909. The molecule has 15 heavy (non-hydrogen) atoms. The molecule has 0 radical (unpaired) electrons. The Balaban J connectivity index is 3.78. The summed E-state index contributed by atoms with van der Waals surface area (Å²) in [5.41, 5.74) is -0.433. The van der Waals surface area contributed by atoms with Crippen molar-refractivity contribution in [3.05, 3.63) is 0 Å². The summed E-state index contributed by atoms with van der Waals surface area (Å²) in [6.45, 7) is 7.89. The fourth-order valence-corrected chi connectivity index (χ4v) is 1.21. The topological polar surface area (TPSA) is 58.6 Å². The van der Waals surface area contributed by atoms with Gasteiger partial charge in [-0.25, -0.2) is 0 Å². The number of carbonyl (C=O) groups excluding carboxylic acids is 1. The van der Waals surface area contributed by atoms with Crippen LogP contribution < -0.4 is 5.32 Å². The second-order valence-electron chi connectivity index (χ2n) is 4.58. The molecule has 1 atom stereocenters. The number of hydrogen-bond acceptors (Lipinski definition) is 4. The number of hydrogen-bond donors (Lipinski definition) is 2. The molecular weight excluding hydrogens is 194 g/mol. The molecule has 0 fully saturated rings. The monoisotopic (exact) mass is 217 g/mol. The molecule has 0 heterocycles. The Morgan fingerprint density at radius 3 is 2.47 bits per heavy atom. The van der Waals surface area contributed by atoms with Crippen LogP contribution in [-0.2, 0) is 9.53 Å². The van der Waals surface area contributed by atoms with Crippen LogP contribution in [0.1, 0.15) is 40.5 Å². The molecule has 0 bridgehead atoms. The molecule has 4 nitrogen and oxygen atoms in total. The van der Waals surface area contributed by atoms with E-state index in [0.717, 1.165) is 6.42 Å². The highest BCUT2D eigenvalue weighted by Gasteiger charge is 2.16. The van der Waals surface area contributed by atoms with Crippen LogP contribution in [0.15, 0.2) is 0 Å². The zero-order valence-electron chi connectivity index (χ0n) is 10.2. The molecule has 0 saturated heterocycles. The highest BCUT2D eigenvalue weighted by molar-refractivity contribution is 5.72. The van der Waals surface area contributed by atoms with Gasteiger partial charge in [-0.15, -0.1) is 0 Å². The van der Waals surface area contributed by atoms with Crippen LogP contribution in [0.2, 0.25) is 0 Å². The van der Waals surface area contributed by atoms with Crippen molar-refractivity contribution in [3.63, 3.8) is 0 Å². The Morgan fingerprint density at radius 1 is 1.47 bits per heavy atom. The third-order valence-corrected chi connectivity index (χ3v) is 1.93. The van der Waals surface area contributed by atoms with E-state index in [4.69, 9.17) is 9.84 Å². The lowest BCUT2D eigenvalue weighted by atomic mass is 10.1. The zero-order valence-corrected chi connectivity index (χ0v) is 10.2. The van der Waals surface area contributed by atoms with E-state index in [-0.39, 0.29) is 25.2 Å². The number of aliphatic hydroxyl groups is 1. The van der Waals surface area contributed by atoms with Crippen LogP contribution in [0.3, 0.4) is 0 Å². The molecule has 0 aromatic heterocycles. The normalized spacial score (nSPS) is 13.7. The van der Waals surface area contributed by atoms with Gasteiger partial charge in [-0.3, -0.25) is 4.79 Å². The lowest BCUT2D eigenvalue weighted by Gasteiger charge is -2.21. The minimum atomic E-state index is -0.433. The molecule has 0 aromatic carbocycles. The van der Waals surface area contributed by atoms with Crippen molar-refractivity contribution in [3.8, 4) is 0 Å². The van der Waals surface area contributed by atoms with Gasteiger partial charge in [-0.2, -0.15) is 0 Å². The van der Waals surface area contributed by atoms with Gasteiger partial charge in [0.15, 0.2) is 0 Å². The van der Waals surface area contributed by atoms with Crippen LogP contribution >= 0.6 is 0 Å². The van der Waals surface area contributed by atoms with E-state index >= 15 is 0 Å². The van der Waals surface area contributed by atoms with Crippen LogP contribution in [0.5, 0.6) is 0 Å². The van der Waals surface area contributed by atoms with Crippen LogP contribution in [0, 0.1) is 0 Å². The smallest absolute Gasteiger partial charge is 0.320 e. The minimum absolute atomic E-state index is 0.139. The van der Waals surface area contributed by atoms with Crippen LogP contribution in [0.25, 0.3) is 0 Å². The summed E-state index contributed by atoms with van der Waals surface area (Å²) in [6, 6.07) is 0.183. The molecule has 0 aromatic rings. The molecule has 2 N–H and O–H groups in total. The van der Waals surface area contributed by atoms with Crippen LogP contribution in [-0.4, -0.2) is 35.9 Å². The molecular formula is C11H23NO3. The molecule has 0 aliphatic carbocycles. The Morgan fingerprint density at radius 2 is 2.07 bits per heavy atom. The average molecular weight is 217 g/mol. The summed E-state index contributed by atoms with van der Waals surface area (Å²) in [4.78, 5) is 11.3. The van der Waals surface area contributed by atoms with Crippen molar-refractivity contribution in [1.29, 1.82) is 0 Å². The first-order valence-electron chi connectivity index (χ1n) is 5.45. The van der Waals surface area contributed by atoms with Gasteiger partial charge in [0.25, 0.3) is 0 Å². The minimum Gasteiger partial charge on any atom is -0.459 e. The highest BCUT2D eigenvalue weighted by atomic mass is 16.6. The summed E-state index contributed by atoms with van der Waals surface area (Å²) >= 11 is 0. The summed E-state index contributed by atoms with van der Waals surface area (Å²) in [5, 5.41) is 11.8. The zero-order chi connectivity index (χ0) is 11.9. The SMILES string of the molecule is CCC(CCO)NCC(=O)OC(C)(C)C. The lowest BCUT2D eigenvalue weighted by Crippen LogP contribution is -2.37. The Hall–Kier alpha value is -0.610. The summed E-state index contributed by atoms with van der Waals surface area (Å²) in [6.07, 6.45) is 1.56. The predicted molar refractivity (Wildman–Crippen MR) is 59.6 cm³/mol. The van der Waals surface area contributed by atoms with Crippen molar-refractivity contribution in [1.82, 2.24) is 5.32 Å². The van der Waals surface area contributed by atoms with Gasteiger partial charge < -0.3 is 15.2 Å². The van der Waals surface area contributed by atoms with Gasteiger partial charge in [-0.1, -0.05) is 6.92 Å². The Labute approximate surface area is 92.0 Å². The summed E-state index contributed by atoms with van der Waals surface area (Å²) in [7, 11) is 0. The van der Waals surface area contributed by atoms with Gasteiger partial charge in [0.05, 0.1) is 6.54 Å². The molecule has 4 heteroatoms. The van der Waals surface area contributed by atoms with Crippen molar-refractivity contribution < 1.29 is 14.6 Å². The van der Waals surface area contributed by atoms with Crippen molar-refractivity contribution in [2.45, 2.75) is 52.2 Å². The van der Waals surface area contributed by atoms with Crippen molar-refractivity contribution >= 4 is 5.97 Å². The maximum absolute atomic E-state index is 11.3. The van der Waals surface area contributed by atoms with E-state index in [1.165, 1.54) is 0 Å². The Kier molecular flexibility index (Phi) is 6.52. The first-order valence-corrected chi connectivity index (χ1v) is 5.45. The first-order chi connectivity index (χ1) is 6.89. The Bertz CT molecular complexity index is 187. The highest BCUT2D eigenvalue weighted by Crippen LogP contribution is 2.06. The fourth-order valence-electron chi connectivity index (χ4n) is 1.21. The maximum atomic E-state index is 11.3. The van der Waals surface area contributed by atoms with Gasteiger partial charge in [0.1, 0.15) is 5.60 Å². The van der Waals surface area contributed by atoms with Gasteiger partial charge in [-0.05, 0) is 33.6 Å². The van der Waals surface area contributed by atoms with E-state index in [1.807, 2.05) is 27.7 Å². The third kappa shape index (κ3) is 8.39. The van der Waals surface area contributed by atoms with E-state index < -0.39 is 5.60 Å². The summed E-state index contributed by atoms with van der Waals surface area (Å²) in [5.74, 6) is -0.251. The summed E-state index contributed by atoms with van der Waals surface area (Å²) < 4.78 is 5.15. The molecule has 1 unspecified atom stereocenters. The number of aliphatic hydroxyl groups excluding tert-OH is 1. The van der Waals surface area contributed by atoms with Gasteiger partial charge in [0, 0.05) is 12.6 Å². The van der Waals surface area contributed by atoms with E-state index in [2.05, 4.69) is 5.32 Å². The number of ether oxygens (including phenoxy) is 1. The predicted octanol–water partition coefficient (Wildman–Crippen LogP) is 1.08. The van der Waals surface area contributed by atoms with Gasteiger partial charge >= 0.3 is 5.97 Å². The molecule has 0 aliphatic rings.